The summed E-state index contributed by atoms with van der Waals surface area (Å²) in [4.78, 5) is 13.6. The summed E-state index contributed by atoms with van der Waals surface area (Å²) >= 11 is 0. The van der Waals surface area contributed by atoms with E-state index in [2.05, 4.69) is 10.2 Å². The molecule has 0 atom stereocenters. The quantitative estimate of drug-likeness (QED) is 0.805. The highest BCUT2D eigenvalue weighted by Gasteiger charge is 2.28. The zero-order valence-electron chi connectivity index (χ0n) is 10.2. The first-order valence-corrected chi connectivity index (χ1v) is 7.42. The molecule has 0 unspecified atom stereocenters. The molecule has 0 saturated carbocycles. The summed E-state index contributed by atoms with van der Waals surface area (Å²) < 4.78 is 24.8. The molecular formula is C10H16N4O3S. The number of sulfonamides is 1. The Balaban J connectivity index is 1.97. The molecule has 1 aliphatic rings. The second kappa shape index (κ2) is 5.07. The lowest BCUT2D eigenvalue weighted by Crippen LogP contribution is -2.50. The summed E-state index contributed by atoms with van der Waals surface area (Å²) in [7, 11) is -3.15. The molecular weight excluding hydrogens is 256 g/mol. The van der Waals surface area contributed by atoms with Gasteiger partial charge in [-0.1, -0.05) is 0 Å². The monoisotopic (exact) mass is 272 g/mol. The van der Waals surface area contributed by atoms with Crippen LogP contribution in [0.5, 0.6) is 0 Å². The lowest BCUT2D eigenvalue weighted by Gasteiger charge is -2.33. The lowest BCUT2D eigenvalue weighted by atomic mass is 10.3. The van der Waals surface area contributed by atoms with Gasteiger partial charge in [0.05, 0.1) is 5.75 Å². The Kier molecular flexibility index (Phi) is 3.67. The van der Waals surface area contributed by atoms with Crippen molar-refractivity contribution in [3.8, 4) is 0 Å². The number of amides is 1. The minimum absolute atomic E-state index is 0.0987. The molecule has 7 nitrogen and oxygen atoms in total. The highest BCUT2D eigenvalue weighted by Crippen LogP contribution is 2.10. The Hall–Kier alpha value is -1.41. The van der Waals surface area contributed by atoms with E-state index in [1.807, 2.05) is 0 Å². The molecule has 2 heterocycles. The van der Waals surface area contributed by atoms with Crippen molar-refractivity contribution >= 4 is 15.9 Å². The van der Waals surface area contributed by atoms with Gasteiger partial charge in [0.1, 0.15) is 5.69 Å². The fourth-order valence-electron chi connectivity index (χ4n) is 1.90. The third-order valence-electron chi connectivity index (χ3n) is 3.02. The lowest BCUT2D eigenvalue weighted by molar-refractivity contribution is 0.0692. The zero-order valence-corrected chi connectivity index (χ0v) is 11.0. The number of rotatable bonds is 3. The SMILES string of the molecule is CCS(=O)(=O)N1CCN(C(=O)c2ccn[nH]2)CC1. The molecule has 1 aromatic rings. The highest BCUT2D eigenvalue weighted by molar-refractivity contribution is 7.89. The smallest absolute Gasteiger partial charge is 0.271 e. The van der Waals surface area contributed by atoms with Gasteiger partial charge >= 0.3 is 0 Å². The summed E-state index contributed by atoms with van der Waals surface area (Å²) in [6, 6.07) is 1.61. The van der Waals surface area contributed by atoms with E-state index in [0.717, 1.165) is 0 Å². The van der Waals surface area contributed by atoms with Crippen molar-refractivity contribution in [3.05, 3.63) is 18.0 Å². The molecule has 0 radical (unpaired) electrons. The molecule has 0 aliphatic carbocycles. The number of carbonyl (C=O) groups is 1. The normalized spacial score (nSPS) is 17.9. The van der Waals surface area contributed by atoms with E-state index in [1.165, 1.54) is 10.5 Å². The maximum atomic E-state index is 12.0. The van der Waals surface area contributed by atoms with Crippen LogP contribution in [0.1, 0.15) is 17.4 Å². The zero-order chi connectivity index (χ0) is 13.2. The number of piperazine rings is 1. The number of hydrogen-bond acceptors (Lipinski definition) is 4. The molecule has 1 fully saturated rings. The van der Waals surface area contributed by atoms with Crippen LogP contribution >= 0.6 is 0 Å². The number of carbonyl (C=O) groups excluding carboxylic acids is 1. The van der Waals surface area contributed by atoms with Gasteiger partial charge in [0.25, 0.3) is 5.91 Å². The van der Waals surface area contributed by atoms with Crippen molar-refractivity contribution in [3.63, 3.8) is 0 Å². The first kappa shape index (κ1) is 13.0. The minimum atomic E-state index is -3.15. The molecule has 1 aromatic heterocycles. The van der Waals surface area contributed by atoms with Gasteiger partial charge in [-0.15, -0.1) is 0 Å². The number of aromatic nitrogens is 2. The Morgan fingerprint density at radius 2 is 2.06 bits per heavy atom. The van der Waals surface area contributed by atoms with Crippen molar-refractivity contribution in [2.75, 3.05) is 31.9 Å². The maximum absolute atomic E-state index is 12.0. The van der Waals surface area contributed by atoms with Crippen molar-refractivity contribution < 1.29 is 13.2 Å². The van der Waals surface area contributed by atoms with Crippen LogP contribution in [0.3, 0.4) is 0 Å². The standard InChI is InChI=1S/C10H16N4O3S/c1-2-18(16,17)14-7-5-13(6-8-14)10(15)9-3-4-11-12-9/h3-4H,2,5-8H2,1H3,(H,11,12). The molecule has 1 amide bonds. The third-order valence-corrected chi connectivity index (χ3v) is 4.90. The molecule has 0 aromatic carbocycles. The van der Waals surface area contributed by atoms with Gasteiger partial charge in [-0.05, 0) is 13.0 Å². The van der Waals surface area contributed by atoms with E-state index in [-0.39, 0.29) is 11.7 Å². The first-order chi connectivity index (χ1) is 8.54. The topological polar surface area (TPSA) is 86.4 Å². The van der Waals surface area contributed by atoms with Crippen LogP contribution in [0, 0.1) is 0 Å². The first-order valence-electron chi connectivity index (χ1n) is 5.81. The van der Waals surface area contributed by atoms with E-state index in [0.29, 0.717) is 31.9 Å². The van der Waals surface area contributed by atoms with Crippen LogP contribution in [0.2, 0.25) is 0 Å². The highest BCUT2D eigenvalue weighted by atomic mass is 32.2. The maximum Gasteiger partial charge on any atom is 0.271 e. The molecule has 18 heavy (non-hydrogen) atoms. The van der Waals surface area contributed by atoms with Gasteiger partial charge in [0.2, 0.25) is 10.0 Å². The Morgan fingerprint density at radius 3 is 2.56 bits per heavy atom. The molecule has 2 rings (SSSR count). The molecule has 0 bridgehead atoms. The average Bonchev–Trinajstić information content (AvgIpc) is 2.92. The van der Waals surface area contributed by atoms with Crippen LogP contribution in [-0.4, -0.2) is 65.7 Å². The molecule has 8 heteroatoms. The van der Waals surface area contributed by atoms with Crippen LogP contribution < -0.4 is 0 Å². The van der Waals surface area contributed by atoms with Crippen LogP contribution in [0.4, 0.5) is 0 Å². The summed E-state index contributed by atoms with van der Waals surface area (Å²) in [5.41, 5.74) is 0.432. The summed E-state index contributed by atoms with van der Waals surface area (Å²) in [6.07, 6.45) is 1.52. The second-order valence-electron chi connectivity index (χ2n) is 4.06. The Morgan fingerprint density at radius 1 is 1.39 bits per heavy atom. The van der Waals surface area contributed by atoms with Crippen LogP contribution in [0.15, 0.2) is 12.3 Å². The third kappa shape index (κ3) is 2.54. The van der Waals surface area contributed by atoms with Gasteiger partial charge in [-0.3, -0.25) is 9.89 Å². The van der Waals surface area contributed by atoms with E-state index in [4.69, 9.17) is 0 Å². The molecule has 1 saturated heterocycles. The molecule has 0 spiro atoms. The van der Waals surface area contributed by atoms with E-state index >= 15 is 0 Å². The summed E-state index contributed by atoms with van der Waals surface area (Å²) in [6.45, 7) is 3.16. The number of nitrogens with zero attached hydrogens (tertiary/aromatic N) is 3. The summed E-state index contributed by atoms with van der Waals surface area (Å²) in [5.74, 6) is -0.0392. The fourth-order valence-corrected chi connectivity index (χ4v) is 2.98. The summed E-state index contributed by atoms with van der Waals surface area (Å²) in [5, 5.41) is 6.34. The predicted molar refractivity (Wildman–Crippen MR) is 65.5 cm³/mol. The van der Waals surface area contributed by atoms with Gasteiger partial charge < -0.3 is 4.90 Å². The van der Waals surface area contributed by atoms with Gasteiger partial charge in [0.15, 0.2) is 0 Å². The number of hydrogen-bond donors (Lipinski definition) is 1. The Labute approximate surface area is 106 Å². The molecule has 100 valence electrons. The minimum Gasteiger partial charge on any atom is -0.335 e. The van der Waals surface area contributed by atoms with Gasteiger partial charge in [-0.25, -0.2) is 8.42 Å². The van der Waals surface area contributed by atoms with Gasteiger partial charge in [0, 0.05) is 32.4 Å². The van der Waals surface area contributed by atoms with Crippen molar-refractivity contribution in [1.29, 1.82) is 0 Å². The number of nitrogens with one attached hydrogen (secondary N) is 1. The van der Waals surface area contributed by atoms with Crippen LogP contribution in [-0.2, 0) is 10.0 Å². The van der Waals surface area contributed by atoms with Crippen molar-refractivity contribution in [2.24, 2.45) is 0 Å². The Bertz CT molecular complexity index is 503. The van der Waals surface area contributed by atoms with Crippen LogP contribution in [0.25, 0.3) is 0 Å². The predicted octanol–water partition coefficient (Wildman–Crippen LogP) is -0.483. The fraction of sp³-hybridized carbons (Fsp3) is 0.600. The molecule has 1 aliphatic heterocycles. The van der Waals surface area contributed by atoms with E-state index < -0.39 is 10.0 Å². The second-order valence-corrected chi connectivity index (χ2v) is 6.32. The van der Waals surface area contributed by atoms with Crippen molar-refractivity contribution in [2.45, 2.75) is 6.92 Å². The van der Waals surface area contributed by atoms with Gasteiger partial charge in [-0.2, -0.15) is 9.40 Å². The number of aromatic amines is 1. The molecule has 1 N–H and O–H groups in total. The largest absolute Gasteiger partial charge is 0.335 e. The average molecular weight is 272 g/mol. The van der Waals surface area contributed by atoms with E-state index in [1.54, 1.807) is 17.9 Å². The number of H-pyrrole nitrogens is 1. The van der Waals surface area contributed by atoms with E-state index in [9.17, 15) is 13.2 Å². The van der Waals surface area contributed by atoms with Crippen molar-refractivity contribution in [1.82, 2.24) is 19.4 Å².